The summed E-state index contributed by atoms with van der Waals surface area (Å²) in [6.45, 7) is 5.46. The van der Waals surface area contributed by atoms with Crippen LogP contribution in [0.5, 0.6) is 0 Å². The molecule has 0 saturated heterocycles. The molecular weight excluding hydrogens is 260 g/mol. The van der Waals surface area contributed by atoms with Gasteiger partial charge in [0.25, 0.3) is 0 Å². The predicted octanol–water partition coefficient (Wildman–Crippen LogP) is 2.75. The van der Waals surface area contributed by atoms with Crippen molar-refractivity contribution >= 4 is 35.0 Å². The van der Waals surface area contributed by atoms with Gasteiger partial charge in [0.05, 0.1) is 11.4 Å². The fraction of sp³-hybridized carbons (Fsp3) is 0.455. The van der Waals surface area contributed by atoms with E-state index in [0.717, 1.165) is 0 Å². The minimum absolute atomic E-state index is 0.162. The van der Waals surface area contributed by atoms with Crippen molar-refractivity contribution in [3.63, 3.8) is 0 Å². The number of hydrogen-bond donors (Lipinski definition) is 1. The molecule has 0 atom stereocenters. The van der Waals surface area contributed by atoms with Crippen molar-refractivity contribution in [3.05, 3.63) is 17.3 Å². The van der Waals surface area contributed by atoms with Crippen LogP contribution in [0.15, 0.2) is 17.2 Å². The molecule has 0 aliphatic rings. The first-order valence-corrected chi connectivity index (χ1v) is 6.41. The van der Waals surface area contributed by atoms with Crippen LogP contribution in [0.3, 0.4) is 0 Å². The number of hydrogen-bond acceptors (Lipinski definition) is 5. The van der Waals surface area contributed by atoms with Crippen molar-refractivity contribution in [2.24, 2.45) is 0 Å². The van der Waals surface area contributed by atoms with Crippen molar-refractivity contribution < 1.29 is 9.53 Å². The summed E-state index contributed by atoms with van der Waals surface area (Å²) in [6.07, 6.45) is 0. The quantitative estimate of drug-likeness (QED) is 0.522. The Labute approximate surface area is 110 Å². The van der Waals surface area contributed by atoms with E-state index in [1.807, 2.05) is 20.8 Å². The maximum atomic E-state index is 11.5. The third kappa shape index (κ3) is 5.28. The molecule has 1 rings (SSSR count). The van der Waals surface area contributed by atoms with Gasteiger partial charge in [-0.25, -0.2) is 4.98 Å². The second-order valence-electron chi connectivity index (χ2n) is 4.40. The molecule has 0 unspecified atom stereocenters. The van der Waals surface area contributed by atoms with Crippen molar-refractivity contribution in [1.29, 1.82) is 0 Å². The Hall–Kier alpha value is -0.940. The van der Waals surface area contributed by atoms with Gasteiger partial charge < -0.3 is 10.5 Å². The van der Waals surface area contributed by atoms with E-state index in [1.165, 1.54) is 11.8 Å². The highest BCUT2D eigenvalue weighted by Crippen LogP contribution is 2.25. The zero-order chi connectivity index (χ0) is 13.1. The molecule has 1 heterocycles. The minimum Gasteiger partial charge on any atom is -0.459 e. The molecule has 0 bridgehead atoms. The Morgan fingerprint density at radius 3 is 2.76 bits per heavy atom. The van der Waals surface area contributed by atoms with Crippen LogP contribution in [0.4, 0.5) is 5.69 Å². The van der Waals surface area contributed by atoms with E-state index in [-0.39, 0.29) is 11.7 Å². The highest BCUT2D eigenvalue weighted by molar-refractivity contribution is 8.00. The van der Waals surface area contributed by atoms with E-state index in [9.17, 15) is 4.79 Å². The van der Waals surface area contributed by atoms with Crippen LogP contribution >= 0.6 is 23.4 Å². The number of aromatic nitrogens is 1. The Morgan fingerprint density at radius 2 is 2.18 bits per heavy atom. The van der Waals surface area contributed by atoms with Crippen LogP contribution in [-0.2, 0) is 9.53 Å². The van der Waals surface area contributed by atoms with Crippen molar-refractivity contribution in [3.8, 4) is 0 Å². The SMILES string of the molecule is CC(C)(C)OC(=O)CSc1nc(Cl)ccc1N. The Balaban J connectivity index is 2.56. The van der Waals surface area contributed by atoms with Gasteiger partial charge in [-0.05, 0) is 32.9 Å². The van der Waals surface area contributed by atoms with Gasteiger partial charge in [-0.3, -0.25) is 4.79 Å². The van der Waals surface area contributed by atoms with E-state index < -0.39 is 5.60 Å². The van der Waals surface area contributed by atoms with E-state index in [2.05, 4.69) is 4.98 Å². The summed E-state index contributed by atoms with van der Waals surface area (Å²) in [6, 6.07) is 3.27. The molecule has 17 heavy (non-hydrogen) atoms. The van der Waals surface area contributed by atoms with E-state index in [1.54, 1.807) is 12.1 Å². The first-order chi connectivity index (χ1) is 7.78. The molecule has 0 aromatic carbocycles. The molecule has 0 radical (unpaired) electrons. The number of nitrogens with two attached hydrogens (primary N) is 1. The molecular formula is C11H15ClN2O2S. The van der Waals surface area contributed by atoms with Gasteiger partial charge in [0.2, 0.25) is 0 Å². The maximum Gasteiger partial charge on any atom is 0.316 e. The van der Waals surface area contributed by atoms with Crippen LogP contribution in [0.25, 0.3) is 0 Å². The topological polar surface area (TPSA) is 65.2 Å². The standard InChI is InChI=1S/C11H15ClN2O2S/c1-11(2,3)16-9(15)6-17-10-7(13)4-5-8(12)14-10/h4-5H,6,13H2,1-3H3. The monoisotopic (exact) mass is 274 g/mol. The normalized spacial score (nSPS) is 11.3. The minimum atomic E-state index is -0.481. The van der Waals surface area contributed by atoms with Gasteiger partial charge in [-0.15, -0.1) is 0 Å². The molecule has 1 aromatic rings. The lowest BCUT2D eigenvalue weighted by Gasteiger charge is -2.19. The third-order valence-electron chi connectivity index (χ3n) is 1.60. The van der Waals surface area contributed by atoms with Crippen molar-refractivity contribution in [1.82, 2.24) is 4.98 Å². The second-order valence-corrected chi connectivity index (χ2v) is 5.75. The lowest BCUT2D eigenvalue weighted by atomic mass is 10.2. The molecule has 6 heteroatoms. The van der Waals surface area contributed by atoms with Gasteiger partial charge >= 0.3 is 5.97 Å². The molecule has 4 nitrogen and oxygen atoms in total. The van der Waals surface area contributed by atoms with Crippen LogP contribution in [0.2, 0.25) is 5.15 Å². The number of esters is 1. The second kappa shape index (κ2) is 5.60. The lowest BCUT2D eigenvalue weighted by Crippen LogP contribution is -2.24. The number of pyridine rings is 1. The molecule has 0 fully saturated rings. The Morgan fingerprint density at radius 1 is 1.53 bits per heavy atom. The third-order valence-corrected chi connectivity index (χ3v) is 2.79. The van der Waals surface area contributed by atoms with Gasteiger partial charge in [0.15, 0.2) is 0 Å². The molecule has 0 amide bonds. The molecule has 2 N–H and O–H groups in total. The average molecular weight is 275 g/mol. The number of nitrogens with zero attached hydrogens (tertiary/aromatic N) is 1. The zero-order valence-corrected chi connectivity index (χ0v) is 11.6. The number of halogens is 1. The van der Waals surface area contributed by atoms with E-state index in [4.69, 9.17) is 22.1 Å². The van der Waals surface area contributed by atoms with Crippen molar-refractivity contribution in [2.75, 3.05) is 11.5 Å². The van der Waals surface area contributed by atoms with Crippen LogP contribution in [-0.4, -0.2) is 22.3 Å². The van der Waals surface area contributed by atoms with Gasteiger partial charge in [0, 0.05) is 0 Å². The summed E-state index contributed by atoms with van der Waals surface area (Å²) < 4.78 is 5.17. The number of carbonyl (C=O) groups is 1. The lowest BCUT2D eigenvalue weighted by molar-refractivity contribution is -0.151. The van der Waals surface area contributed by atoms with Gasteiger partial charge in [0.1, 0.15) is 15.8 Å². The number of ether oxygens (including phenoxy) is 1. The number of thioether (sulfide) groups is 1. The molecule has 0 aliphatic carbocycles. The molecule has 0 spiro atoms. The number of rotatable bonds is 3. The molecule has 94 valence electrons. The number of nitrogen functional groups attached to an aromatic ring is 1. The van der Waals surface area contributed by atoms with Gasteiger partial charge in [-0.2, -0.15) is 0 Å². The fourth-order valence-electron chi connectivity index (χ4n) is 1.04. The summed E-state index contributed by atoms with van der Waals surface area (Å²) in [5.74, 6) is -0.141. The van der Waals surface area contributed by atoms with Gasteiger partial charge in [-0.1, -0.05) is 23.4 Å². The molecule has 0 aliphatic heterocycles. The molecule has 0 saturated carbocycles. The first kappa shape index (κ1) is 14.1. The summed E-state index contributed by atoms with van der Waals surface area (Å²) in [5.41, 5.74) is 5.73. The summed E-state index contributed by atoms with van der Waals surface area (Å²) in [5, 5.41) is 0.897. The largest absolute Gasteiger partial charge is 0.459 e. The number of carbonyl (C=O) groups excluding carboxylic acids is 1. The smallest absolute Gasteiger partial charge is 0.316 e. The summed E-state index contributed by atoms with van der Waals surface area (Å²) >= 11 is 6.96. The Kier molecular flexibility index (Phi) is 4.65. The predicted molar refractivity (Wildman–Crippen MR) is 70.2 cm³/mol. The van der Waals surface area contributed by atoms with Crippen LogP contribution in [0.1, 0.15) is 20.8 Å². The van der Waals surface area contributed by atoms with Crippen LogP contribution in [0, 0.1) is 0 Å². The maximum absolute atomic E-state index is 11.5. The highest BCUT2D eigenvalue weighted by atomic mass is 35.5. The van der Waals surface area contributed by atoms with Crippen LogP contribution < -0.4 is 5.73 Å². The molecule has 1 aromatic heterocycles. The van der Waals surface area contributed by atoms with Crippen molar-refractivity contribution in [2.45, 2.75) is 31.4 Å². The summed E-state index contributed by atoms with van der Waals surface area (Å²) in [7, 11) is 0. The average Bonchev–Trinajstić information content (AvgIpc) is 2.17. The number of anilines is 1. The first-order valence-electron chi connectivity index (χ1n) is 5.04. The Bertz CT molecular complexity index is 418. The summed E-state index contributed by atoms with van der Waals surface area (Å²) in [4.78, 5) is 15.5. The highest BCUT2D eigenvalue weighted by Gasteiger charge is 2.17. The van der Waals surface area contributed by atoms with E-state index >= 15 is 0 Å². The van der Waals surface area contributed by atoms with E-state index in [0.29, 0.717) is 15.9 Å². The zero-order valence-electron chi connectivity index (χ0n) is 9.99. The fourth-order valence-corrected chi connectivity index (χ4v) is 1.95.